The maximum absolute atomic E-state index is 5.85. The summed E-state index contributed by atoms with van der Waals surface area (Å²) in [4.78, 5) is 0. The molecule has 2 fully saturated rings. The van der Waals surface area contributed by atoms with Crippen molar-refractivity contribution in [3.8, 4) is 0 Å². The molecule has 148 valence electrons. The third-order valence-electron chi connectivity index (χ3n) is 3.91. The van der Waals surface area contributed by atoms with E-state index in [0.29, 0.717) is 66.1 Å². The molecule has 2 atom stereocenters. The van der Waals surface area contributed by atoms with Gasteiger partial charge in [-0.05, 0) is 0 Å². The number of hydrogen-bond donors (Lipinski definition) is 0. The molecular weight excluding hydrogens is 332 g/mol. The zero-order valence-electron chi connectivity index (χ0n) is 15.4. The average molecular weight is 364 g/mol. The minimum absolute atomic E-state index is 0.224. The molecule has 0 aliphatic carbocycles. The van der Waals surface area contributed by atoms with Gasteiger partial charge in [-0.25, -0.2) is 0 Å². The van der Waals surface area contributed by atoms with Crippen LogP contribution in [0.3, 0.4) is 0 Å². The Kier molecular flexibility index (Phi) is 10.2. The molecule has 2 unspecified atom stereocenters. The van der Waals surface area contributed by atoms with Crippen molar-refractivity contribution in [2.75, 3.05) is 93.5 Å². The molecule has 0 spiro atoms. The lowest BCUT2D eigenvalue weighted by Gasteiger charge is -2.33. The highest BCUT2D eigenvalue weighted by atomic mass is 16.6. The van der Waals surface area contributed by atoms with Crippen LogP contribution in [0.2, 0.25) is 0 Å². The van der Waals surface area contributed by atoms with Crippen molar-refractivity contribution >= 4 is 0 Å². The predicted molar refractivity (Wildman–Crippen MR) is 88.9 cm³/mol. The Morgan fingerprint density at radius 2 is 1.08 bits per heavy atom. The Balaban J connectivity index is 1.81. The maximum Gasteiger partial charge on any atom is 0.104 e. The summed E-state index contributed by atoms with van der Waals surface area (Å²) in [5, 5.41) is 0. The summed E-state index contributed by atoms with van der Waals surface area (Å²) in [6.07, 6.45) is 0.449. The number of rotatable bonds is 18. The summed E-state index contributed by atoms with van der Waals surface area (Å²) in [5.41, 5.74) is -0.384. The Morgan fingerprint density at radius 3 is 1.44 bits per heavy atom. The van der Waals surface area contributed by atoms with Crippen molar-refractivity contribution in [1.82, 2.24) is 0 Å². The van der Waals surface area contributed by atoms with Crippen molar-refractivity contribution in [1.29, 1.82) is 0 Å². The quantitative estimate of drug-likeness (QED) is 0.251. The molecule has 2 heterocycles. The topological polar surface area (TPSA) is 80.4 Å². The number of methoxy groups -OCH3 is 2. The number of hydrogen-bond acceptors (Lipinski definition) is 8. The smallest absolute Gasteiger partial charge is 0.104 e. The van der Waals surface area contributed by atoms with Crippen LogP contribution in [0.5, 0.6) is 0 Å². The summed E-state index contributed by atoms with van der Waals surface area (Å²) < 4.78 is 43.8. The highest BCUT2D eigenvalue weighted by Crippen LogP contribution is 2.23. The Hall–Kier alpha value is -0.320. The van der Waals surface area contributed by atoms with Gasteiger partial charge in [0.2, 0.25) is 0 Å². The van der Waals surface area contributed by atoms with Crippen LogP contribution >= 0.6 is 0 Å². The summed E-state index contributed by atoms with van der Waals surface area (Å²) in [7, 11) is 3.31. The minimum Gasteiger partial charge on any atom is -0.382 e. The fourth-order valence-corrected chi connectivity index (χ4v) is 2.25. The molecular formula is C17H32O8. The molecule has 2 aliphatic heterocycles. The van der Waals surface area contributed by atoms with Gasteiger partial charge in [0.1, 0.15) is 12.2 Å². The Morgan fingerprint density at radius 1 is 0.680 bits per heavy atom. The summed E-state index contributed by atoms with van der Waals surface area (Å²) in [6.45, 7) is 6.78. The molecule has 0 aromatic rings. The highest BCUT2D eigenvalue weighted by molar-refractivity contribution is 4.81. The van der Waals surface area contributed by atoms with Crippen molar-refractivity contribution in [2.45, 2.75) is 12.2 Å². The van der Waals surface area contributed by atoms with Gasteiger partial charge in [0.15, 0.2) is 0 Å². The lowest BCUT2D eigenvalue weighted by Crippen LogP contribution is -2.43. The standard InChI is InChI=1S/C17H32O8/c1-18-3-5-20-11-17(12-21-6-4-19-2,13-22-7-15-9-24-15)14-23-8-16-10-25-16/h15-16H,3-14H2,1-2H3. The first-order valence-corrected chi connectivity index (χ1v) is 8.80. The van der Waals surface area contributed by atoms with Crippen LogP contribution in [0.25, 0.3) is 0 Å². The number of epoxide rings is 2. The van der Waals surface area contributed by atoms with E-state index in [4.69, 9.17) is 37.9 Å². The van der Waals surface area contributed by atoms with Gasteiger partial charge in [-0.3, -0.25) is 0 Å². The van der Waals surface area contributed by atoms with Gasteiger partial charge in [0, 0.05) is 14.2 Å². The van der Waals surface area contributed by atoms with E-state index >= 15 is 0 Å². The summed E-state index contributed by atoms with van der Waals surface area (Å²) in [5.74, 6) is 0. The van der Waals surface area contributed by atoms with Crippen LogP contribution in [-0.4, -0.2) is 106 Å². The molecule has 0 N–H and O–H groups in total. The van der Waals surface area contributed by atoms with Gasteiger partial charge >= 0.3 is 0 Å². The van der Waals surface area contributed by atoms with Crippen LogP contribution in [-0.2, 0) is 37.9 Å². The van der Waals surface area contributed by atoms with Crippen LogP contribution in [0, 0.1) is 5.41 Å². The van der Waals surface area contributed by atoms with Gasteiger partial charge < -0.3 is 37.9 Å². The molecule has 0 bridgehead atoms. The second kappa shape index (κ2) is 12.1. The van der Waals surface area contributed by atoms with Crippen LogP contribution < -0.4 is 0 Å². The Bertz CT molecular complexity index is 301. The monoisotopic (exact) mass is 364 g/mol. The fraction of sp³-hybridized carbons (Fsp3) is 1.00. The molecule has 2 saturated heterocycles. The molecule has 25 heavy (non-hydrogen) atoms. The predicted octanol–water partition coefficient (Wildman–Crippen LogP) is 0.130. The summed E-state index contributed by atoms with van der Waals surface area (Å²) in [6, 6.07) is 0. The molecule has 0 aromatic heterocycles. The zero-order valence-corrected chi connectivity index (χ0v) is 15.4. The van der Waals surface area contributed by atoms with E-state index in [-0.39, 0.29) is 17.6 Å². The van der Waals surface area contributed by atoms with E-state index in [9.17, 15) is 0 Å². The van der Waals surface area contributed by atoms with Crippen molar-refractivity contribution in [3.05, 3.63) is 0 Å². The molecule has 0 radical (unpaired) electrons. The first-order chi connectivity index (χ1) is 12.3. The van der Waals surface area contributed by atoms with Gasteiger partial charge in [-0.15, -0.1) is 0 Å². The van der Waals surface area contributed by atoms with Crippen LogP contribution in [0.15, 0.2) is 0 Å². The van der Waals surface area contributed by atoms with E-state index in [1.54, 1.807) is 14.2 Å². The lowest BCUT2D eigenvalue weighted by molar-refractivity contribution is -0.114. The van der Waals surface area contributed by atoms with E-state index in [1.807, 2.05) is 0 Å². The second-order valence-corrected chi connectivity index (χ2v) is 6.53. The van der Waals surface area contributed by atoms with Crippen LogP contribution in [0.1, 0.15) is 0 Å². The van der Waals surface area contributed by atoms with Gasteiger partial charge in [-0.1, -0.05) is 0 Å². The van der Waals surface area contributed by atoms with Crippen molar-refractivity contribution in [2.24, 2.45) is 5.41 Å². The second-order valence-electron chi connectivity index (χ2n) is 6.53. The average Bonchev–Trinajstić information content (AvgIpc) is 3.51. The van der Waals surface area contributed by atoms with Crippen molar-refractivity contribution in [3.63, 3.8) is 0 Å². The molecule has 0 amide bonds. The minimum atomic E-state index is -0.384. The molecule has 0 saturated carbocycles. The van der Waals surface area contributed by atoms with E-state index in [2.05, 4.69) is 0 Å². The van der Waals surface area contributed by atoms with Crippen LogP contribution in [0.4, 0.5) is 0 Å². The molecule has 2 aliphatic rings. The molecule has 8 heteroatoms. The Labute approximate surface area is 149 Å². The molecule has 0 aromatic carbocycles. The molecule has 2 rings (SSSR count). The first kappa shape index (κ1) is 21.0. The van der Waals surface area contributed by atoms with Crippen molar-refractivity contribution < 1.29 is 37.9 Å². The van der Waals surface area contributed by atoms with E-state index < -0.39 is 0 Å². The lowest BCUT2D eigenvalue weighted by atomic mass is 9.92. The third-order valence-corrected chi connectivity index (χ3v) is 3.91. The molecule has 8 nitrogen and oxygen atoms in total. The van der Waals surface area contributed by atoms with Gasteiger partial charge in [-0.2, -0.15) is 0 Å². The maximum atomic E-state index is 5.85. The third kappa shape index (κ3) is 9.81. The van der Waals surface area contributed by atoms with E-state index in [0.717, 1.165) is 13.2 Å². The van der Waals surface area contributed by atoms with Gasteiger partial charge in [0.25, 0.3) is 0 Å². The number of ether oxygens (including phenoxy) is 8. The SMILES string of the molecule is COCCOCC(COCCOC)(COCC1CO1)COCC1CO1. The van der Waals surface area contributed by atoms with E-state index in [1.165, 1.54) is 0 Å². The fourth-order valence-electron chi connectivity index (χ4n) is 2.25. The zero-order chi connectivity index (χ0) is 17.8. The van der Waals surface area contributed by atoms with Gasteiger partial charge in [0.05, 0.1) is 84.7 Å². The highest BCUT2D eigenvalue weighted by Gasteiger charge is 2.35. The first-order valence-electron chi connectivity index (χ1n) is 8.80. The normalized spacial score (nSPS) is 22.3. The largest absolute Gasteiger partial charge is 0.382 e. The summed E-state index contributed by atoms with van der Waals surface area (Å²) >= 11 is 0.